The molecule has 1 aromatic heterocycles. The van der Waals surface area contributed by atoms with Gasteiger partial charge in [-0.25, -0.2) is 9.78 Å². The van der Waals surface area contributed by atoms with Crippen LogP contribution in [0, 0.1) is 0 Å². The van der Waals surface area contributed by atoms with Crippen molar-refractivity contribution in [3.8, 4) is 11.4 Å². The number of aryl methyl sites for hydroxylation is 1. The van der Waals surface area contributed by atoms with Crippen LogP contribution >= 0.6 is 23.2 Å². The first kappa shape index (κ1) is 22.5. The molecule has 0 fully saturated rings. The first-order valence-corrected chi connectivity index (χ1v) is 10.1. The second kappa shape index (κ2) is 9.76. The highest BCUT2D eigenvalue weighted by atomic mass is 35.5. The van der Waals surface area contributed by atoms with Crippen molar-refractivity contribution in [1.82, 2.24) is 9.55 Å². The van der Waals surface area contributed by atoms with Gasteiger partial charge < -0.3 is 10.1 Å². The number of ether oxygens (including phenoxy) is 1. The number of benzene rings is 2. The van der Waals surface area contributed by atoms with E-state index < -0.39 is 11.9 Å². The van der Waals surface area contributed by atoms with E-state index in [0.29, 0.717) is 33.5 Å². The second-order valence-corrected chi connectivity index (χ2v) is 7.46. The van der Waals surface area contributed by atoms with Gasteiger partial charge in [-0.2, -0.15) is 0 Å². The highest BCUT2D eigenvalue weighted by Crippen LogP contribution is 2.23. The summed E-state index contributed by atoms with van der Waals surface area (Å²) in [6.45, 7) is 1.55. The third-order valence-electron chi connectivity index (χ3n) is 4.47. The lowest BCUT2D eigenvalue weighted by atomic mass is 10.1. The zero-order valence-electron chi connectivity index (χ0n) is 16.8. The van der Waals surface area contributed by atoms with Crippen molar-refractivity contribution in [3.05, 3.63) is 80.2 Å². The molecule has 0 bridgehead atoms. The van der Waals surface area contributed by atoms with E-state index in [2.05, 4.69) is 10.3 Å². The molecule has 0 atom stereocenters. The van der Waals surface area contributed by atoms with E-state index in [9.17, 15) is 14.4 Å². The Balaban J connectivity index is 1.98. The number of rotatable bonds is 6. The summed E-state index contributed by atoms with van der Waals surface area (Å²) in [7, 11) is 1.24. The number of carbonyl (C=O) groups is 2. The van der Waals surface area contributed by atoms with Gasteiger partial charge >= 0.3 is 5.97 Å². The zero-order valence-corrected chi connectivity index (χ0v) is 18.3. The van der Waals surface area contributed by atoms with Gasteiger partial charge in [-0.05, 0) is 36.8 Å². The van der Waals surface area contributed by atoms with Gasteiger partial charge in [0.25, 0.3) is 5.56 Å². The molecule has 160 valence electrons. The van der Waals surface area contributed by atoms with E-state index in [1.807, 2.05) is 6.92 Å². The molecule has 0 saturated heterocycles. The van der Waals surface area contributed by atoms with Crippen LogP contribution < -0.4 is 10.9 Å². The van der Waals surface area contributed by atoms with Gasteiger partial charge in [-0.1, -0.05) is 42.3 Å². The first-order valence-electron chi connectivity index (χ1n) is 9.36. The number of hydrogen-bond donors (Lipinski definition) is 1. The van der Waals surface area contributed by atoms with Gasteiger partial charge in [0.15, 0.2) is 0 Å². The van der Waals surface area contributed by atoms with E-state index in [4.69, 9.17) is 27.9 Å². The third-order valence-corrected chi connectivity index (χ3v) is 4.94. The van der Waals surface area contributed by atoms with Crippen LogP contribution in [0.3, 0.4) is 0 Å². The van der Waals surface area contributed by atoms with Crippen molar-refractivity contribution in [2.75, 3.05) is 12.4 Å². The molecule has 0 aliphatic carbocycles. The number of aromatic nitrogens is 2. The van der Waals surface area contributed by atoms with Crippen molar-refractivity contribution in [2.45, 2.75) is 19.9 Å². The Morgan fingerprint density at radius 1 is 1.10 bits per heavy atom. The fourth-order valence-corrected chi connectivity index (χ4v) is 3.34. The Hall–Kier alpha value is -3.16. The van der Waals surface area contributed by atoms with E-state index in [1.54, 1.807) is 24.3 Å². The third kappa shape index (κ3) is 5.31. The minimum Gasteiger partial charge on any atom is -0.465 e. The summed E-state index contributed by atoms with van der Waals surface area (Å²) in [5.74, 6) is -0.845. The van der Waals surface area contributed by atoms with Crippen LogP contribution in [-0.2, 0) is 22.5 Å². The molecular formula is C22H19Cl2N3O4. The predicted molar refractivity (Wildman–Crippen MR) is 120 cm³/mol. The molecule has 7 nitrogen and oxygen atoms in total. The molecule has 9 heteroatoms. The maximum absolute atomic E-state index is 12.8. The Morgan fingerprint density at radius 3 is 2.52 bits per heavy atom. The van der Waals surface area contributed by atoms with Crippen LogP contribution in [0.4, 0.5) is 5.69 Å². The molecule has 1 amide bonds. The largest absolute Gasteiger partial charge is 0.465 e. The Kier molecular flexibility index (Phi) is 7.09. The lowest BCUT2D eigenvalue weighted by Crippen LogP contribution is -2.30. The summed E-state index contributed by atoms with van der Waals surface area (Å²) in [4.78, 5) is 42.1. The molecule has 1 N–H and O–H groups in total. The molecule has 0 aliphatic rings. The van der Waals surface area contributed by atoms with Crippen LogP contribution in [0.1, 0.15) is 23.0 Å². The van der Waals surface area contributed by atoms with Crippen molar-refractivity contribution >= 4 is 40.8 Å². The average molecular weight is 460 g/mol. The quantitative estimate of drug-likeness (QED) is 0.557. The molecule has 3 rings (SSSR count). The van der Waals surface area contributed by atoms with Gasteiger partial charge in [0.05, 0.1) is 18.4 Å². The number of nitrogens with one attached hydrogen (secondary N) is 1. The van der Waals surface area contributed by atoms with E-state index in [0.717, 1.165) is 0 Å². The van der Waals surface area contributed by atoms with E-state index >= 15 is 0 Å². The SMILES string of the molecule is CCc1cc(=O)n(CC(=O)Nc2cc(Cl)ccc2C(=O)OC)c(-c2cccc(Cl)c2)n1. The molecule has 31 heavy (non-hydrogen) atoms. The van der Waals surface area contributed by atoms with Crippen LogP contribution in [0.2, 0.25) is 10.0 Å². The van der Waals surface area contributed by atoms with Crippen LogP contribution in [0.15, 0.2) is 53.3 Å². The van der Waals surface area contributed by atoms with Gasteiger partial charge in [0.2, 0.25) is 5.91 Å². The van der Waals surface area contributed by atoms with Crippen molar-refractivity contribution in [2.24, 2.45) is 0 Å². The van der Waals surface area contributed by atoms with Gasteiger partial charge in [-0.3, -0.25) is 14.2 Å². The van der Waals surface area contributed by atoms with Crippen molar-refractivity contribution in [1.29, 1.82) is 0 Å². The fraction of sp³-hybridized carbons (Fsp3) is 0.182. The monoisotopic (exact) mass is 459 g/mol. The van der Waals surface area contributed by atoms with Crippen molar-refractivity contribution in [3.63, 3.8) is 0 Å². The standard InChI is InChI=1S/C22H19Cl2N3O4/c1-3-16-11-20(29)27(21(25-16)13-5-4-6-14(23)9-13)12-19(28)26-18-10-15(24)7-8-17(18)22(30)31-2/h4-11H,3,12H2,1-2H3,(H,26,28). The summed E-state index contributed by atoms with van der Waals surface area (Å²) in [6, 6.07) is 12.7. The molecule has 0 spiro atoms. The number of amides is 1. The van der Waals surface area contributed by atoms with Crippen LogP contribution in [0.5, 0.6) is 0 Å². The zero-order chi connectivity index (χ0) is 22.5. The highest BCUT2D eigenvalue weighted by Gasteiger charge is 2.17. The fourth-order valence-electron chi connectivity index (χ4n) is 2.98. The molecule has 1 heterocycles. The molecular weight excluding hydrogens is 441 g/mol. The van der Waals surface area contributed by atoms with Gasteiger partial charge in [0, 0.05) is 27.4 Å². The summed E-state index contributed by atoms with van der Waals surface area (Å²) in [6.07, 6.45) is 0.556. The molecule has 0 saturated carbocycles. The number of esters is 1. The van der Waals surface area contributed by atoms with Crippen LogP contribution in [0.25, 0.3) is 11.4 Å². The predicted octanol–water partition coefficient (Wildman–Crippen LogP) is 4.20. The maximum Gasteiger partial charge on any atom is 0.339 e. The number of hydrogen-bond acceptors (Lipinski definition) is 5. The molecule has 3 aromatic rings. The number of anilines is 1. The Bertz CT molecular complexity index is 1210. The number of nitrogens with zero attached hydrogens (tertiary/aromatic N) is 2. The molecule has 0 unspecified atom stereocenters. The lowest BCUT2D eigenvalue weighted by Gasteiger charge is -2.15. The topological polar surface area (TPSA) is 90.3 Å². The van der Waals surface area contributed by atoms with Crippen molar-refractivity contribution < 1.29 is 14.3 Å². The first-order chi connectivity index (χ1) is 14.8. The van der Waals surface area contributed by atoms with E-state index in [1.165, 1.54) is 35.9 Å². The normalized spacial score (nSPS) is 10.6. The molecule has 0 aliphatic heterocycles. The summed E-state index contributed by atoms with van der Waals surface area (Å²) in [5, 5.41) is 3.43. The average Bonchev–Trinajstić information content (AvgIpc) is 2.74. The number of carbonyl (C=O) groups excluding carboxylic acids is 2. The minimum atomic E-state index is -0.627. The lowest BCUT2D eigenvalue weighted by molar-refractivity contribution is -0.116. The second-order valence-electron chi connectivity index (χ2n) is 6.59. The highest BCUT2D eigenvalue weighted by molar-refractivity contribution is 6.31. The number of halogens is 2. The Morgan fingerprint density at radius 2 is 1.84 bits per heavy atom. The molecule has 2 aromatic carbocycles. The maximum atomic E-state index is 12.8. The van der Waals surface area contributed by atoms with Gasteiger partial charge in [-0.15, -0.1) is 0 Å². The smallest absolute Gasteiger partial charge is 0.339 e. The van der Waals surface area contributed by atoms with E-state index in [-0.39, 0.29) is 23.4 Å². The summed E-state index contributed by atoms with van der Waals surface area (Å²) >= 11 is 12.1. The summed E-state index contributed by atoms with van der Waals surface area (Å²) < 4.78 is 5.99. The molecule has 0 radical (unpaired) electrons. The van der Waals surface area contributed by atoms with Gasteiger partial charge in [0.1, 0.15) is 12.4 Å². The van der Waals surface area contributed by atoms with Crippen LogP contribution in [-0.4, -0.2) is 28.5 Å². The Labute approximate surface area is 188 Å². The number of methoxy groups -OCH3 is 1. The summed E-state index contributed by atoms with van der Waals surface area (Å²) in [5.41, 5.74) is 1.14. The minimum absolute atomic E-state index is 0.141.